The molecule has 5 nitrogen and oxygen atoms in total. The Balaban J connectivity index is 1.85. The Hall–Kier alpha value is -2.21. The van der Waals surface area contributed by atoms with Gasteiger partial charge < -0.3 is 9.47 Å². The lowest BCUT2D eigenvalue weighted by molar-refractivity contribution is 0.311. The first-order chi connectivity index (χ1) is 11.0. The van der Waals surface area contributed by atoms with E-state index in [1.54, 1.807) is 12.1 Å². The molecule has 0 aliphatic heterocycles. The first kappa shape index (κ1) is 17.1. The van der Waals surface area contributed by atoms with Gasteiger partial charge in [0.25, 0.3) is 0 Å². The van der Waals surface area contributed by atoms with Crippen LogP contribution in [0.5, 0.6) is 11.5 Å². The van der Waals surface area contributed by atoms with Gasteiger partial charge in [-0.25, -0.2) is 8.42 Å². The van der Waals surface area contributed by atoms with Crippen molar-refractivity contribution in [3.05, 3.63) is 54.1 Å². The van der Waals surface area contributed by atoms with Gasteiger partial charge in [-0.1, -0.05) is 18.2 Å². The molecule has 0 aliphatic rings. The highest BCUT2D eigenvalue weighted by atomic mass is 32.2. The zero-order chi connectivity index (χ0) is 16.7. The van der Waals surface area contributed by atoms with Crippen LogP contribution in [-0.4, -0.2) is 27.9 Å². The number of hydrogen-bond donors (Lipinski definition) is 1. The quantitative estimate of drug-likeness (QED) is 0.806. The Bertz CT molecular complexity index is 727. The second-order valence-electron chi connectivity index (χ2n) is 4.98. The van der Waals surface area contributed by atoms with E-state index in [0.29, 0.717) is 36.8 Å². The van der Waals surface area contributed by atoms with Gasteiger partial charge in [0.2, 0.25) is 10.0 Å². The predicted molar refractivity (Wildman–Crippen MR) is 90.6 cm³/mol. The van der Waals surface area contributed by atoms with Gasteiger partial charge in [0.1, 0.15) is 11.5 Å². The highest BCUT2D eigenvalue weighted by Gasteiger charge is 2.02. The van der Waals surface area contributed by atoms with Gasteiger partial charge in [-0.15, -0.1) is 0 Å². The Kier molecular flexibility index (Phi) is 5.87. The standard InChI is InChI=1S/C17H20NO4S/c1-3-21-16-5-4-6-17(13-16)22-12-11-14-7-9-15(10-8-14)18-23(2,19)20/h4-10,18H,3,11-12H2,1-2H3. The highest BCUT2D eigenvalue weighted by molar-refractivity contribution is 7.92. The average molecular weight is 334 g/mol. The summed E-state index contributed by atoms with van der Waals surface area (Å²) in [5.41, 5.74) is 1.61. The highest BCUT2D eigenvalue weighted by Crippen LogP contribution is 2.18. The normalized spacial score (nSPS) is 11.0. The second kappa shape index (κ2) is 7.87. The lowest BCUT2D eigenvalue weighted by Crippen LogP contribution is -2.09. The molecule has 0 atom stereocenters. The molecule has 0 aliphatic carbocycles. The molecule has 0 heterocycles. The van der Waals surface area contributed by atoms with Crippen molar-refractivity contribution in [1.29, 1.82) is 0 Å². The third-order valence-corrected chi connectivity index (χ3v) is 3.55. The van der Waals surface area contributed by atoms with Crippen molar-refractivity contribution in [2.75, 3.05) is 24.2 Å². The van der Waals surface area contributed by atoms with Crippen molar-refractivity contribution in [1.82, 2.24) is 0 Å². The monoisotopic (exact) mass is 334 g/mol. The average Bonchev–Trinajstić information content (AvgIpc) is 2.48. The van der Waals surface area contributed by atoms with Gasteiger partial charge >= 0.3 is 0 Å². The molecule has 2 rings (SSSR count). The molecule has 2 aromatic rings. The fraction of sp³-hybridized carbons (Fsp3) is 0.294. The minimum Gasteiger partial charge on any atom is -0.493 e. The molecule has 0 amide bonds. The lowest BCUT2D eigenvalue weighted by atomic mass is 10.1. The Morgan fingerprint density at radius 1 is 1.04 bits per heavy atom. The third-order valence-electron chi connectivity index (χ3n) is 2.95. The third kappa shape index (κ3) is 6.20. The minimum atomic E-state index is -3.24. The zero-order valence-electron chi connectivity index (χ0n) is 13.2. The molecule has 0 fully saturated rings. The number of nitrogens with one attached hydrogen (secondary N) is 1. The summed E-state index contributed by atoms with van der Waals surface area (Å²) in [6.07, 6.45) is 1.84. The summed E-state index contributed by atoms with van der Waals surface area (Å²) in [5, 5.41) is 0. The number of ether oxygens (including phenoxy) is 2. The molecule has 23 heavy (non-hydrogen) atoms. The van der Waals surface area contributed by atoms with Crippen LogP contribution in [0.25, 0.3) is 0 Å². The summed E-state index contributed by atoms with van der Waals surface area (Å²) in [7, 11) is -3.24. The van der Waals surface area contributed by atoms with E-state index >= 15 is 0 Å². The van der Waals surface area contributed by atoms with Crippen LogP contribution in [0.2, 0.25) is 0 Å². The summed E-state index contributed by atoms with van der Waals surface area (Å²) in [6.45, 7) is 3.02. The largest absolute Gasteiger partial charge is 0.493 e. The SMILES string of the molecule is CCOc1[c]c(OCCc2ccc(NS(C)(=O)=O)cc2)ccc1. The maximum atomic E-state index is 11.1. The van der Waals surface area contributed by atoms with E-state index < -0.39 is 10.0 Å². The maximum absolute atomic E-state index is 11.1. The topological polar surface area (TPSA) is 64.6 Å². The number of rotatable bonds is 8. The van der Waals surface area contributed by atoms with Crippen molar-refractivity contribution < 1.29 is 17.9 Å². The molecule has 1 radical (unpaired) electrons. The van der Waals surface area contributed by atoms with E-state index in [0.717, 1.165) is 11.8 Å². The van der Waals surface area contributed by atoms with Crippen LogP contribution in [0.3, 0.4) is 0 Å². The molecule has 0 unspecified atom stereocenters. The molecule has 0 saturated heterocycles. The van der Waals surface area contributed by atoms with Crippen LogP contribution in [0.15, 0.2) is 42.5 Å². The van der Waals surface area contributed by atoms with Crippen molar-refractivity contribution in [3.63, 3.8) is 0 Å². The lowest BCUT2D eigenvalue weighted by Gasteiger charge is -2.09. The smallest absolute Gasteiger partial charge is 0.229 e. The van der Waals surface area contributed by atoms with Crippen LogP contribution >= 0.6 is 0 Å². The van der Waals surface area contributed by atoms with Crippen molar-refractivity contribution in [2.45, 2.75) is 13.3 Å². The number of sulfonamides is 1. The van der Waals surface area contributed by atoms with Crippen molar-refractivity contribution in [3.8, 4) is 11.5 Å². The van der Waals surface area contributed by atoms with Crippen molar-refractivity contribution >= 4 is 15.7 Å². The fourth-order valence-electron chi connectivity index (χ4n) is 1.98. The molecule has 0 bridgehead atoms. The van der Waals surface area contributed by atoms with Crippen LogP contribution in [-0.2, 0) is 16.4 Å². The number of hydrogen-bond acceptors (Lipinski definition) is 4. The maximum Gasteiger partial charge on any atom is 0.229 e. The van der Waals surface area contributed by atoms with E-state index in [9.17, 15) is 8.42 Å². The van der Waals surface area contributed by atoms with E-state index in [-0.39, 0.29) is 0 Å². The van der Waals surface area contributed by atoms with Crippen LogP contribution in [0, 0.1) is 6.07 Å². The Morgan fingerprint density at radius 2 is 1.70 bits per heavy atom. The van der Waals surface area contributed by atoms with E-state index in [1.165, 1.54) is 0 Å². The summed E-state index contributed by atoms with van der Waals surface area (Å²) >= 11 is 0. The van der Waals surface area contributed by atoms with Crippen molar-refractivity contribution in [2.24, 2.45) is 0 Å². The van der Waals surface area contributed by atoms with E-state index in [1.807, 2.05) is 37.3 Å². The number of anilines is 1. The summed E-state index contributed by atoms with van der Waals surface area (Å²) < 4.78 is 35.8. The van der Waals surface area contributed by atoms with Gasteiger partial charge in [-0.2, -0.15) is 0 Å². The van der Waals surface area contributed by atoms with Gasteiger partial charge in [-0.05, 0) is 36.8 Å². The first-order valence-corrected chi connectivity index (χ1v) is 9.20. The second-order valence-corrected chi connectivity index (χ2v) is 6.73. The molecule has 0 spiro atoms. The predicted octanol–water partition coefficient (Wildman–Crippen LogP) is 2.88. The molecular formula is C17H20NO4S. The van der Waals surface area contributed by atoms with Gasteiger partial charge in [0.05, 0.1) is 25.5 Å². The molecule has 0 aromatic heterocycles. The zero-order valence-corrected chi connectivity index (χ0v) is 14.0. The van der Waals surface area contributed by atoms with Gasteiger partial charge in [-0.3, -0.25) is 4.72 Å². The number of benzene rings is 2. The molecular weight excluding hydrogens is 314 g/mol. The Labute approximate surface area is 137 Å². The first-order valence-electron chi connectivity index (χ1n) is 7.31. The summed E-state index contributed by atoms with van der Waals surface area (Å²) in [6, 6.07) is 15.8. The van der Waals surface area contributed by atoms with Crippen LogP contribution in [0.4, 0.5) is 5.69 Å². The van der Waals surface area contributed by atoms with E-state index in [4.69, 9.17) is 9.47 Å². The molecule has 6 heteroatoms. The minimum absolute atomic E-state index is 0.505. The summed E-state index contributed by atoms with van der Waals surface area (Å²) in [5.74, 6) is 1.31. The fourth-order valence-corrected chi connectivity index (χ4v) is 2.55. The molecule has 1 N–H and O–H groups in total. The van der Waals surface area contributed by atoms with Gasteiger partial charge in [0.15, 0.2) is 0 Å². The molecule has 0 saturated carbocycles. The van der Waals surface area contributed by atoms with Crippen LogP contribution in [0.1, 0.15) is 12.5 Å². The van der Waals surface area contributed by atoms with Crippen LogP contribution < -0.4 is 14.2 Å². The molecule has 123 valence electrons. The molecule has 2 aromatic carbocycles. The summed E-state index contributed by atoms with van der Waals surface area (Å²) in [4.78, 5) is 0. The Morgan fingerprint density at radius 3 is 2.30 bits per heavy atom. The van der Waals surface area contributed by atoms with Gasteiger partial charge in [0, 0.05) is 12.1 Å². The van der Waals surface area contributed by atoms with E-state index in [2.05, 4.69) is 10.8 Å².